The van der Waals surface area contributed by atoms with Crippen molar-refractivity contribution in [1.82, 2.24) is 14.8 Å². The molecule has 2 heterocycles. The largest absolute Gasteiger partial charge is 0.279 e. The molecule has 2 aromatic heterocycles. The number of rotatable bonds is 2. The van der Waals surface area contributed by atoms with Crippen molar-refractivity contribution in [2.75, 3.05) is 0 Å². The molecule has 4 nitrogen and oxygen atoms in total. The summed E-state index contributed by atoms with van der Waals surface area (Å²) in [6.07, 6.45) is 1.62. The van der Waals surface area contributed by atoms with Gasteiger partial charge in [0.15, 0.2) is 0 Å². The van der Waals surface area contributed by atoms with Crippen molar-refractivity contribution < 1.29 is 0 Å². The Hall–Kier alpha value is -2.50. The molecular weight excluding hydrogens is 426 g/mol. The van der Waals surface area contributed by atoms with Crippen LogP contribution < -0.4 is 5.56 Å². The van der Waals surface area contributed by atoms with Crippen molar-refractivity contribution in [3.8, 4) is 16.9 Å². The van der Waals surface area contributed by atoms with E-state index < -0.39 is 0 Å². The first-order valence-corrected chi connectivity index (χ1v) is 9.53. The maximum Gasteiger partial charge on any atom is 0.279 e. The number of fused-ring (bicyclic) bond motifs is 1. The number of halogens is 2. The van der Waals surface area contributed by atoms with Crippen LogP contribution in [-0.2, 0) is 0 Å². The van der Waals surface area contributed by atoms with Crippen LogP contribution in [0.25, 0.3) is 27.7 Å². The first kappa shape index (κ1) is 17.9. The first-order chi connectivity index (χ1) is 12.9. The number of aromatic nitrogens is 3. The predicted molar refractivity (Wildman–Crippen MR) is 113 cm³/mol. The average molecular weight is 441 g/mol. The van der Waals surface area contributed by atoms with Gasteiger partial charge >= 0.3 is 0 Å². The van der Waals surface area contributed by atoms with Gasteiger partial charge in [-0.05, 0) is 77.3 Å². The summed E-state index contributed by atoms with van der Waals surface area (Å²) in [6, 6.07) is 15.0. The minimum absolute atomic E-state index is 0.171. The summed E-state index contributed by atoms with van der Waals surface area (Å²) >= 11 is 9.36. The second-order valence-corrected chi connectivity index (χ2v) is 7.64. The molecule has 0 unspecified atom stereocenters. The van der Waals surface area contributed by atoms with Gasteiger partial charge in [0.05, 0.1) is 23.0 Å². The standard InChI is InChI=1S/C21H15BrClN3O/c1-12-9-17-18(10-13(12)2)21(27)26(16-7-8-19(22)24-11-16)25-20(17)14-3-5-15(23)6-4-14/h3-11H,1-2H3. The van der Waals surface area contributed by atoms with Crippen LogP contribution in [0.3, 0.4) is 0 Å². The molecule has 0 bridgehead atoms. The van der Waals surface area contributed by atoms with Crippen molar-refractivity contribution in [3.05, 3.63) is 85.8 Å². The molecular formula is C21H15BrClN3O. The lowest BCUT2D eigenvalue weighted by molar-refractivity contribution is 0.820. The van der Waals surface area contributed by atoms with E-state index >= 15 is 0 Å². The molecule has 0 radical (unpaired) electrons. The van der Waals surface area contributed by atoms with E-state index in [1.54, 1.807) is 12.3 Å². The second-order valence-electron chi connectivity index (χ2n) is 6.39. The summed E-state index contributed by atoms with van der Waals surface area (Å²) in [4.78, 5) is 17.4. The van der Waals surface area contributed by atoms with Crippen molar-refractivity contribution >= 4 is 38.3 Å². The zero-order valence-corrected chi connectivity index (χ0v) is 17.0. The van der Waals surface area contributed by atoms with Gasteiger partial charge in [0, 0.05) is 16.0 Å². The molecule has 0 N–H and O–H groups in total. The zero-order valence-electron chi connectivity index (χ0n) is 14.7. The Kier molecular flexibility index (Phi) is 4.58. The summed E-state index contributed by atoms with van der Waals surface area (Å²) in [5.41, 5.74) is 4.24. The Bertz CT molecular complexity index is 1220. The van der Waals surface area contributed by atoms with E-state index in [1.807, 2.05) is 56.3 Å². The molecule has 4 aromatic rings. The molecule has 134 valence electrons. The number of benzene rings is 2. The summed E-state index contributed by atoms with van der Waals surface area (Å²) < 4.78 is 2.10. The number of hydrogen-bond donors (Lipinski definition) is 0. The Labute approximate surface area is 169 Å². The van der Waals surface area contributed by atoms with Gasteiger partial charge in [-0.2, -0.15) is 9.78 Å². The van der Waals surface area contributed by atoms with Crippen LogP contribution in [0.1, 0.15) is 11.1 Å². The minimum atomic E-state index is -0.171. The first-order valence-electron chi connectivity index (χ1n) is 8.36. The van der Waals surface area contributed by atoms with E-state index in [0.29, 0.717) is 20.7 Å². The van der Waals surface area contributed by atoms with Gasteiger partial charge in [-0.15, -0.1) is 0 Å². The summed E-state index contributed by atoms with van der Waals surface area (Å²) in [7, 11) is 0. The molecule has 2 aromatic carbocycles. The fraction of sp³-hybridized carbons (Fsp3) is 0.0952. The van der Waals surface area contributed by atoms with Crippen LogP contribution >= 0.6 is 27.5 Å². The van der Waals surface area contributed by atoms with Gasteiger partial charge < -0.3 is 0 Å². The topological polar surface area (TPSA) is 47.8 Å². The molecule has 0 spiro atoms. The molecule has 0 aliphatic carbocycles. The molecule has 0 aliphatic heterocycles. The lowest BCUT2D eigenvalue weighted by atomic mass is 10.00. The van der Waals surface area contributed by atoms with Crippen molar-refractivity contribution in [2.45, 2.75) is 13.8 Å². The smallest absolute Gasteiger partial charge is 0.267 e. The Morgan fingerprint density at radius 2 is 1.63 bits per heavy atom. The maximum absolute atomic E-state index is 13.2. The Morgan fingerprint density at radius 3 is 2.26 bits per heavy atom. The van der Waals surface area contributed by atoms with E-state index in [-0.39, 0.29) is 5.56 Å². The van der Waals surface area contributed by atoms with Crippen LogP contribution in [0, 0.1) is 13.8 Å². The van der Waals surface area contributed by atoms with Gasteiger partial charge in [0.1, 0.15) is 4.60 Å². The van der Waals surface area contributed by atoms with Gasteiger partial charge in [0.25, 0.3) is 5.56 Å². The van der Waals surface area contributed by atoms with Gasteiger partial charge in [-0.3, -0.25) is 4.79 Å². The normalized spacial score (nSPS) is 11.1. The SMILES string of the molecule is Cc1cc2c(-c3ccc(Cl)cc3)nn(-c3ccc(Br)nc3)c(=O)c2cc1C. The third-order valence-corrected chi connectivity index (χ3v) is 5.31. The van der Waals surface area contributed by atoms with Crippen LogP contribution in [-0.4, -0.2) is 14.8 Å². The number of pyridine rings is 1. The van der Waals surface area contributed by atoms with Crippen molar-refractivity contribution in [1.29, 1.82) is 0 Å². The third-order valence-electron chi connectivity index (χ3n) is 4.59. The Balaban J connectivity index is 2.10. The molecule has 0 saturated carbocycles. The van der Waals surface area contributed by atoms with E-state index in [1.165, 1.54) is 4.68 Å². The summed E-state index contributed by atoms with van der Waals surface area (Å²) in [5, 5.41) is 6.78. The highest BCUT2D eigenvalue weighted by atomic mass is 79.9. The summed E-state index contributed by atoms with van der Waals surface area (Å²) in [6.45, 7) is 4.03. The molecule has 27 heavy (non-hydrogen) atoms. The molecule has 4 rings (SSSR count). The zero-order chi connectivity index (χ0) is 19.1. The van der Waals surface area contributed by atoms with Gasteiger partial charge in [0.2, 0.25) is 0 Å². The highest BCUT2D eigenvalue weighted by molar-refractivity contribution is 9.10. The molecule has 6 heteroatoms. The molecule has 0 saturated heterocycles. The summed E-state index contributed by atoms with van der Waals surface area (Å²) in [5.74, 6) is 0. The second kappa shape index (κ2) is 6.91. The highest BCUT2D eigenvalue weighted by Crippen LogP contribution is 2.28. The number of aryl methyl sites for hydroxylation is 2. The van der Waals surface area contributed by atoms with Crippen LogP contribution in [0.4, 0.5) is 0 Å². The van der Waals surface area contributed by atoms with Crippen molar-refractivity contribution in [2.24, 2.45) is 0 Å². The van der Waals surface area contributed by atoms with E-state index in [2.05, 4.69) is 26.0 Å². The quantitative estimate of drug-likeness (QED) is 0.388. The number of hydrogen-bond acceptors (Lipinski definition) is 3. The van der Waals surface area contributed by atoms with Crippen LogP contribution in [0.2, 0.25) is 5.02 Å². The molecule has 0 amide bonds. The van der Waals surface area contributed by atoms with Crippen LogP contribution in [0.5, 0.6) is 0 Å². The molecule has 0 fully saturated rings. The van der Waals surface area contributed by atoms with Crippen LogP contribution in [0.15, 0.2) is 64.1 Å². The van der Waals surface area contributed by atoms with Gasteiger partial charge in [-0.1, -0.05) is 23.7 Å². The fourth-order valence-electron chi connectivity index (χ4n) is 2.99. The van der Waals surface area contributed by atoms with E-state index in [9.17, 15) is 4.79 Å². The van der Waals surface area contributed by atoms with Gasteiger partial charge in [-0.25, -0.2) is 4.98 Å². The minimum Gasteiger partial charge on any atom is -0.267 e. The fourth-order valence-corrected chi connectivity index (χ4v) is 3.35. The highest BCUT2D eigenvalue weighted by Gasteiger charge is 2.15. The van der Waals surface area contributed by atoms with Crippen molar-refractivity contribution in [3.63, 3.8) is 0 Å². The third kappa shape index (κ3) is 3.29. The average Bonchev–Trinajstić information content (AvgIpc) is 2.66. The predicted octanol–water partition coefficient (Wildman–Crippen LogP) is 5.48. The maximum atomic E-state index is 13.2. The lowest BCUT2D eigenvalue weighted by Gasteiger charge is -2.13. The Morgan fingerprint density at radius 1 is 0.963 bits per heavy atom. The van der Waals surface area contributed by atoms with E-state index in [4.69, 9.17) is 11.6 Å². The lowest BCUT2D eigenvalue weighted by Crippen LogP contribution is -2.22. The molecule has 0 aliphatic rings. The monoisotopic (exact) mass is 439 g/mol. The number of nitrogens with zero attached hydrogens (tertiary/aromatic N) is 3. The van der Waals surface area contributed by atoms with E-state index in [0.717, 1.165) is 27.8 Å². The molecule has 0 atom stereocenters.